The predicted molar refractivity (Wildman–Crippen MR) is 114 cm³/mol. The number of β-lactam (4-membered cyclic amide) rings is 1. The van der Waals surface area contributed by atoms with Crippen LogP contribution in [0.15, 0.2) is 24.3 Å². The van der Waals surface area contributed by atoms with Crippen LogP contribution in [0.1, 0.15) is 19.4 Å². The summed E-state index contributed by atoms with van der Waals surface area (Å²) >= 11 is 1.11. The minimum Gasteiger partial charge on any atom is -0.480 e. The molecule has 3 amide bonds. The number of carboxylic acids is 1. The van der Waals surface area contributed by atoms with Crippen molar-refractivity contribution >= 4 is 47.1 Å². The molecule has 0 saturated carbocycles. The fourth-order valence-electron chi connectivity index (χ4n) is 4.01. The molecule has 2 heterocycles. The van der Waals surface area contributed by atoms with Gasteiger partial charge in [-0.05, 0) is 25.5 Å². The minimum atomic E-state index is -2.03. The first-order valence-electron chi connectivity index (χ1n) is 9.70. The van der Waals surface area contributed by atoms with Crippen molar-refractivity contribution in [2.75, 3.05) is 19.0 Å². The van der Waals surface area contributed by atoms with Gasteiger partial charge in [0.25, 0.3) is 5.91 Å². The molecule has 32 heavy (non-hydrogen) atoms. The molecule has 0 radical (unpaired) electrons. The molecule has 172 valence electrons. The lowest BCUT2D eigenvalue weighted by atomic mass is 9.84. The first kappa shape index (κ1) is 23.5. The Morgan fingerprint density at radius 1 is 1.22 bits per heavy atom. The number of nitrogens with one attached hydrogen (secondary N) is 2. The van der Waals surface area contributed by atoms with Gasteiger partial charge in [-0.15, -0.1) is 11.8 Å². The molecular formula is C20H24N4O7S. The van der Waals surface area contributed by atoms with Crippen LogP contribution in [0.3, 0.4) is 0 Å². The molecule has 2 aliphatic rings. The topological polar surface area (TPSA) is 168 Å². The Bertz CT molecular complexity index is 998. The maximum atomic E-state index is 13.1. The van der Waals surface area contributed by atoms with Gasteiger partial charge in [-0.1, -0.05) is 18.2 Å². The molecule has 2 saturated heterocycles. The number of carboxylic acid groups (broad SMARTS) is 1. The number of nitrogens with two attached hydrogens (primary N) is 1. The summed E-state index contributed by atoms with van der Waals surface area (Å²) in [5.41, 5.74) is 4.10. The van der Waals surface area contributed by atoms with Crippen LogP contribution in [-0.2, 0) is 35.1 Å². The number of carbonyl (C=O) groups excluding carboxylic acids is 4. The van der Waals surface area contributed by atoms with Crippen LogP contribution in [0, 0.1) is 0 Å². The van der Waals surface area contributed by atoms with Gasteiger partial charge in [-0.2, -0.15) is 0 Å². The Balaban J connectivity index is 1.87. The van der Waals surface area contributed by atoms with E-state index < -0.39 is 51.4 Å². The summed E-state index contributed by atoms with van der Waals surface area (Å²) in [7, 11) is 1.09. The van der Waals surface area contributed by atoms with E-state index in [1.807, 2.05) is 0 Å². The third-order valence-corrected chi connectivity index (χ3v) is 7.09. The fraction of sp³-hybridized carbons (Fsp3) is 0.450. The van der Waals surface area contributed by atoms with Gasteiger partial charge in [0, 0.05) is 10.4 Å². The van der Waals surface area contributed by atoms with Crippen molar-refractivity contribution in [1.29, 1.82) is 0 Å². The van der Waals surface area contributed by atoms with E-state index >= 15 is 0 Å². The number of thioether (sulfide) groups is 1. The van der Waals surface area contributed by atoms with Gasteiger partial charge in [0.2, 0.25) is 17.4 Å². The van der Waals surface area contributed by atoms with Crippen LogP contribution in [0.2, 0.25) is 0 Å². The molecule has 0 aliphatic carbocycles. The number of aliphatic carboxylic acids is 1. The molecule has 1 aromatic rings. The number of rotatable bonds is 7. The molecule has 0 aromatic heterocycles. The molecule has 3 atom stereocenters. The van der Waals surface area contributed by atoms with Gasteiger partial charge >= 0.3 is 11.9 Å². The van der Waals surface area contributed by atoms with Crippen molar-refractivity contribution in [2.45, 2.75) is 42.0 Å². The van der Waals surface area contributed by atoms with E-state index in [2.05, 4.69) is 10.6 Å². The number of ether oxygens (including phenoxy) is 1. The maximum Gasteiger partial charge on any atom is 0.344 e. The number of hydrogen-bond acceptors (Lipinski definition) is 8. The number of hydrogen-bond donors (Lipinski definition) is 4. The summed E-state index contributed by atoms with van der Waals surface area (Å²) in [5.74, 6) is -4.13. The summed E-state index contributed by atoms with van der Waals surface area (Å²) < 4.78 is 3.91. The van der Waals surface area contributed by atoms with Gasteiger partial charge in [-0.3, -0.25) is 14.4 Å². The Morgan fingerprint density at radius 3 is 2.47 bits per heavy atom. The van der Waals surface area contributed by atoms with E-state index in [4.69, 9.17) is 10.5 Å². The van der Waals surface area contributed by atoms with Crippen LogP contribution in [0.5, 0.6) is 0 Å². The number of carbonyl (C=O) groups is 5. The molecule has 2 aliphatic heterocycles. The maximum absolute atomic E-state index is 13.1. The van der Waals surface area contributed by atoms with Crippen molar-refractivity contribution in [1.82, 2.24) is 10.2 Å². The third-order valence-electron chi connectivity index (χ3n) is 5.45. The highest BCUT2D eigenvalue weighted by atomic mass is 32.2. The zero-order valence-electron chi connectivity index (χ0n) is 17.7. The number of esters is 1. The zero-order valence-corrected chi connectivity index (χ0v) is 18.5. The van der Waals surface area contributed by atoms with E-state index in [-0.39, 0.29) is 13.0 Å². The smallest absolute Gasteiger partial charge is 0.344 e. The number of fused-ring (bicyclic) bond motifs is 1. The molecule has 11 nitrogen and oxygen atoms in total. The number of anilines is 1. The van der Waals surface area contributed by atoms with Crippen molar-refractivity contribution in [3.8, 4) is 0 Å². The van der Waals surface area contributed by atoms with Crippen molar-refractivity contribution < 1.29 is 33.8 Å². The van der Waals surface area contributed by atoms with E-state index in [0.717, 1.165) is 23.8 Å². The lowest BCUT2D eigenvalue weighted by molar-refractivity contribution is -0.180. The molecule has 0 spiro atoms. The van der Waals surface area contributed by atoms with E-state index in [1.54, 1.807) is 38.1 Å². The van der Waals surface area contributed by atoms with Crippen LogP contribution in [0.4, 0.5) is 5.69 Å². The quantitative estimate of drug-likeness (QED) is 0.232. The number of para-hydroxylation sites is 1. The van der Waals surface area contributed by atoms with Crippen molar-refractivity contribution in [3.05, 3.63) is 29.8 Å². The minimum absolute atomic E-state index is 0.240. The Labute approximate surface area is 188 Å². The van der Waals surface area contributed by atoms with Gasteiger partial charge in [0.15, 0.2) is 0 Å². The largest absolute Gasteiger partial charge is 0.480 e. The SMILES string of the molecule is COC(=O)[C@]1(NC(=O)Cc2ccccc2NC(=O)CN)C(=O)N2[C@@H](C(=O)O)C(C)(C)S[C@@H]21. The normalized spacial score (nSPS) is 25.4. The average Bonchev–Trinajstić information content (AvgIpc) is 3.01. The molecule has 5 N–H and O–H groups in total. The lowest BCUT2D eigenvalue weighted by Crippen LogP contribution is -2.82. The monoisotopic (exact) mass is 464 g/mol. The van der Waals surface area contributed by atoms with Crippen molar-refractivity contribution in [2.24, 2.45) is 5.73 Å². The second-order valence-electron chi connectivity index (χ2n) is 7.96. The zero-order chi connectivity index (χ0) is 23.8. The first-order chi connectivity index (χ1) is 15.0. The number of benzene rings is 1. The van der Waals surface area contributed by atoms with Gasteiger partial charge < -0.3 is 31.1 Å². The Hall–Kier alpha value is -3.12. The highest BCUT2D eigenvalue weighted by Crippen LogP contribution is 2.55. The molecule has 3 rings (SSSR count). The molecule has 2 fully saturated rings. The molecule has 0 unspecified atom stereocenters. The number of nitrogens with zero attached hydrogens (tertiary/aromatic N) is 1. The van der Waals surface area contributed by atoms with Gasteiger partial charge in [0.1, 0.15) is 11.4 Å². The second kappa shape index (κ2) is 8.43. The van der Waals surface area contributed by atoms with Gasteiger partial charge in [0.05, 0.1) is 20.1 Å². The molecule has 12 heteroatoms. The summed E-state index contributed by atoms with van der Waals surface area (Å²) in [6.07, 6.45) is -0.254. The van der Waals surface area contributed by atoms with Crippen molar-refractivity contribution in [3.63, 3.8) is 0 Å². The standard InChI is InChI=1S/C20H24N4O7S/c1-19(2)14(15(27)28)24-16(29)20(17(24)32-19,18(30)31-3)23-12(25)8-10-6-4-5-7-11(10)22-13(26)9-21/h4-7,14,17H,8-9,21H2,1-3H3,(H,22,26)(H,23,25)(H,27,28)/t14-,17+,20-/m0/s1. The summed E-state index contributed by atoms with van der Waals surface area (Å²) in [6.45, 7) is 3.07. The van der Waals surface area contributed by atoms with Crippen LogP contribution < -0.4 is 16.4 Å². The highest BCUT2D eigenvalue weighted by molar-refractivity contribution is 8.01. The number of methoxy groups -OCH3 is 1. The average molecular weight is 465 g/mol. The molecule has 1 aromatic carbocycles. The lowest BCUT2D eigenvalue weighted by Gasteiger charge is -2.50. The predicted octanol–water partition coefficient (Wildman–Crippen LogP) is -0.699. The summed E-state index contributed by atoms with van der Waals surface area (Å²) in [5, 5.41) is 13.7. The Kier molecular flexibility index (Phi) is 6.20. The highest BCUT2D eigenvalue weighted by Gasteiger charge is 2.76. The van der Waals surface area contributed by atoms with Crippen LogP contribution in [0.25, 0.3) is 0 Å². The molecule has 0 bridgehead atoms. The second-order valence-corrected chi connectivity index (χ2v) is 9.70. The first-order valence-corrected chi connectivity index (χ1v) is 10.6. The summed E-state index contributed by atoms with van der Waals surface area (Å²) in [6, 6.07) is 5.38. The summed E-state index contributed by atoms with van der Waals surface area (Å²) in [4.78, 5) is 63.2. The van der Waals surface area contributed by atoms with Crippen LogP contribution in [-0.4, -0.2) is 75.0 Å². The Morgan fingerprint density at radius 2 is 1.88 bits per heavy atom. The van der Waals surface area contributed by atoms with E-state index in [9.17, 15) is 29.1 Å². The van der Waals surface area contributed by atoms with E-state index in [1.165, 1.54) is 0 Å². The third kappa shape index (κ3) is 3.69. The van der Waals surface area contributed by atoms with Gasteiger partial charge in [-0.25, -0.2) is 9.59 Å². The fourth-order valence-corrected chi connectivity index (χ4v) is 5.69. The van der Waals surface area contributed by atoms with E-state index in [0.29, 0.717) is 11.3 Å². The molecular weight excluding hydrogens is 440 g/mol. The number of amides is 3. The van der Waals surface area contributed by atoms with Crippen LogP contribution >= 0.6 is 11.8 Å².